The lowest BCUT2D eigenvalue weighted by atomic mass is 9.98. The molecule has 0 saturated carbocycles. The van der Waals surface area contributed by atoms with Crippen LogP contribution in [0.25, 0.3) is 10.9 Å². The second kappa shape index (κ2) is 8.01. The van der Waals surface area contributed by atoms with Gasteiger partial charge in [0.2, 0.25) is 5.91 Å². The molecule has 2 aromatic carbocycles. The van der Waals surface area contributed by atoms with E-state index < -0.39 is 0 Å². The van der Waals surface area contributed by atoms with Crippen molar-refractivity contribution in [3.8, 4) is 5.75 Å². The average Bonchev–Trinajstić information content (AvgIpc) is 3.17. The van der Waals surface area contributed by atoms with Crippen molar-refractivity contribution in [1.82, 2.24) is 9.99 Å². The van der Waals surface area contributed by atoms with E-state index in [2.05, 4.69) is 10.1 Å². The number of hydrogen-bond donors (Lipinski definition) is 0. The molecule has 0 saturated heterocycles. The Hall–Kier alpha value is -2.63. The number of para-hydroxylation sites is 1. The van der Waals surface area contributed by atoms with Crippen LogP contribution in [-0.2, 0) is 4.79 Å². The van der Waals surface area contributed by atoms with Gasteiger partial charge < -0.3 is 4.74 Å². The van der Waals surface area contributed by atoms with Gasteiger partial charge in [0, 0.05) is 28.8 Å². The zero-order chi connectivity index (χ0) is 20.5. The fourth-order valence-electron chi connectivity index (χ4n) is 3.55. The Morgan fingerprint density at radius 1 is 1.21 bits per heavy atom. The van der Waals surface area contributed by atoms with Crippen molar-refractivity contribution < 1.29 is 9.53 Å². The molecule has 0 N–H and O–H groups in total. The molecule has 1 aliphatic rings. The number of fused-ring (bicyclic) bond motifs is 1. The summed E-state index contributed by atoms with van der Waals surface area (Å²) in [6, 6.07) is 14.8. The highest BCUT2D eigenvalue weighted by Crippen LogP contribution is 2.38. The molecule has 1 atom stereocenters. The lowest BCUT2D eigenvalue weighted by Crippen LogP contribution is -2.26. The second-order valence-electron chi connectivity index (χ2n) is 6.77. The van der Waals surface area contributed by atoms with Gasteiger partial charge >= 0.3 is 0 Å². The number of pyridine rings is 1. The normalized spacial score (nSPS) is 16.2. The lowest BCUT2D eigenvalue weighted by Gasteiger charge is -2.22. The van der Waals surface area contributed by atoms with Crippen LogP contribution in [0.5, 0.6) is 5.75 Å². The minimum Gasteiger partial charge on any atom is -0.494 e. The molecule has 1 aliphatic heterocycles. The molecule has 0 spiro atoms. The first-order valence-electron chi connectivity index (χ1n) is 9.30. The van der Waals surface area contributed by atoms with E-state index in [9.17, 15) is 4.79 Å². The topological polar surface area (TPSA) is 54.8 Å². The summed E-state index contributed by atoms with van der Waals surface area (Å²) in [6.07, 6.45) is 0.873. The van der Waals surface area contributed by atoms with Gasteiger partial charge in [-0.1, -0.05) is 54.4 Å². The van der Waals surface area contributed by atoms with Crippen molar-refractivity contribution in [2.24, 2.45) is 5.10 Å². The molecule has 0 radical (unpaired) electrons. The number of rotatable bonds is 4. The summed E-state index contributed by atoms with van der Waals surface area (Å²) in [5.74, 6) is 0.577. The number of hydrogen-bond acceptors (Lipinski definition) is 4. The Labute approximate surface area is 178 Å². The average molecular weight is 428 g/mol. The zero-order valence-electron chi connectivity index (χ0n) is 16.0. The number of hydrazone groups is 1. The van der Waals surface area contributed by atoms with Crippen LogP contribution in [0.2, 0.25) is 10.2 Å². The lowest BCUT2D eigenvalue weighted by molar-refractivity contribution is -0.132. The highest BCUT2D eigenvalue weighted by Gasteiger charge is 2.34. The first-order valence-corrected chi connectivity index (χ1v) is 10.1. The summed E-state index contributed by atoms with van der Waals surface area (Å²) in [7, 11) is 1.60. The van der Waals surface area contributed by atoms with Crippen LogP contribution in [-0.4, -0.2) is 28.7 Å². The van der Waals surface area contributed by atoms with Gasteiger partial charge in [0.1, 0.15) is 16.4 Å². The Morgan fingerprint density at radius 3 is 2.72 bits per heavy atom. The predicted octanol–water partition coefficient (Wildman–Crippen LogP) is 5.64. The van der Waals surface area contributed by atoms with E-state index in [1.54, 1.807) is 7.11 Å². The molecule has 5 nitrogen and oxygen atoms in total. The number of ether oxygens (including phenoxy) is 1. The number of nitrogens with zero attached hydrogens (tertiary/aromatic N) is 3. The third-order valence-electron chi connectivity index (χ3n) is 4.99. The molecular weight excluding hydrogens is 409 g/mol. The van der Waals surface area contributed by atoms with Crippen molar-refractivity contribution in [3.63, 3.8) is 0 Å². The molecular formula is C22H19Cl2N3O2. The van der Waals surface area contributed by atoms with Crippen LogP contribution >= 0.6 is 23.2 Å². The van der Waals surface area contributed by atoms with Gasteiger partial charge in [0.25, 0.3) is 0 Å². The molecule has 1 unspecified atom stereocenters. The highest BCUT2D eigenvalue weighted by molar-refractivity contribution is 6.31. The van der Waals surface area contributed by atoms with Gasteiger partial charge in [-0.05, 0) is 29.8 Å². The fourth-order valence-corrected chi connectivity index (χ4v) is 4.01. The molecule has 0 aliphatic carbocycles. The van der Waals surface area contributed by atoms with Gasteiger partial charge in [-0.25, -0.2) is 9.99 Å². The van der Waals surface area contributed by atoms with Gasteiger partial charge in [-0.3, -0.25) is 4.79 Å². The second-order valence-corrected chi connectivity index (χ2v) is 7.56. The van der Waals surface area contributed by atoms with Crippen molar-refractivity contribution in [1.29, 1.82) is 0 Å². The van der Waals surface area contributed by atoms with Gasteiger partial charge in [-0.15, -0.1) is 0 Å². The fraction of sp³-hybridized carbons (Fsp3) is 0.227. The summed E-state index contributed by atoms with van der Waals surface area (Å²) in [6.45, 7) is 1.82. The Kier molecular flexibility index (Phi) is 5.43. The van der Waals surface area contributed by atoms with Crippen molar-refractivity contribution in [2.75, 3.05) is 7.11 Å². The Morgan fingerprint density at radius 2 is 2.00 bits per heavy atom. The van der Waals surface area contributed by atoms with Crippen LogP contribution in [0.3, 0.4) is 0 Å². The van der Waals surface area contributed by atoms with Crippen molar-refractivity contribution in [3.05, 3.63) is 69.8 Å². The number of amides is 1. The largest absolute Gasteiger partial charge is 0.494 e. The Balaban J connectivity index is 1.79. The minimum atomic E-state index is -0.327. The molecule has 7 heteroatoms. The standard InChI is InChI=1S/C22H19Cl2N3O2/c1-3-20(28)27-18(12-17(26-27)13-6-4-8-15(23)10-13)16-11-14-7-5-9-19(29-2)21(14)25-22(16)24/h4-11,18H,3,12H2,1-2H3. The minimum absolute atomic E-state index is 0.0752. The number of aromatic nitrogens is 1. The maximum atomic E-state index is 12.6. The van der Waals surface area contributed by atoms with E-state index in [0.29, 0.717) is 34.3 Å². The maximum Gasteiger partial charge on any atom is 0.242 e. The molecule has 0 bridgehead atoms. The zero-order valence-corrected chi connectivity index (χ0v) is 17.5. The molecule has 29 heavy (non-hydrogen) atoms. The SMILES string of the molecule is CCC(=O)N1N=C(c2cccc(Cl)c2)CC1c1cc2cccc(OC)c2nc1Cl. The summed E-state index contributed by atoms with van der Waals surface area (Å²) >= 11 is 12.7. The van der Waals surface area contributed by atoms with E-state index in [1.807, 2.05) is 55.5 Å². The van der Waals surface area contributed by atoms with Gasteiger partial charge in [0.15, 0.2) is 0 Å². The predicted molar refractivity (Wildman–Crippen MR) is 116 cm³/mol. The smallest absolute Gasteiger partial charge is 0.242 e. The molecule has 3 aromatic rings. The van der Waals surface area contributed by atoms with Crippen molar-refractivity contribution in [2.45, 2.75) is 25.8 Å². The van der Waals surface area contributed by atoms with E-state index in [4.69, 9.17) is 27.9 Å². The summed E-state index contributed by atoms with van der Waals surface area (Å²) in [5.41, 5.74) is 3.13. The molecule has 0 fully saturated rings. The molecule has 148 valence electrons. The Bertz CT molecular complexity index is 1130. The first kappa shape index (κ1) is 19.7. The molecule has 1 amide bonds. The maximum absolute atomic E-state index is 12.6. The van der Waals surface area contributed by atoms with Crippen LogP contribution in [0.4, 0.5) is 0 Å². The third kappa shape index (κ3) is 3.68. The number of carbonyl (C=O) groups is 1. The number of carbonyl (C=O) groups excluding carboxylic acids is 1. The van der Waals surface area contributed by atoms with Crippen molar-refractivity contribution >= 4 is 45.7 Å². The molecule has 2 heterocycles. The van der Waals surface area contributed by atoms with E-state index in [1.165, 1.54) is 5.01 Å². The number of halogens is 2. The summed E-state index contributed by atoms with van der Waals surface area (Å²) in [5, 5.41) is 7.99. The third-order valence-corrected chi connectivity index (χ3v) is 5.53. The molecule has 1 aromatic heterocycles. The van der Waals surface area contributed by atoms with Crippen LogP contribution in [0.1, 0.15) is 36.9 Å². The van der Waals surface area contributed by atoms with E-state index in [-0.39, 0.29) is 11.9 Å². The van der Waals surface area contributed by atoms with E-state index >= 15 is 0 Å². The van der Waals surface area contributed by atoms with Crippen LogP contribution < -0.4 is 4.74 Å². The number of methoxy groups -OCH3 is 1. The van der Waals surface area contributed by atoms with Gasteiger partial charge in [0.05, 0.1) is 18.9 Å². The van der Waals surface area contributed by atoms with Crippen LogP contribution in [0.15, 0.2) is 53.6 Å². The highest BCUT2D eigenvalue weighted by atomic mass is 35.5. The molecule has 4 rings (SSSR count). The summed E-state index contributed by atoms with van der Waals surface area (Å²) < 4.78 is 5.39. The van der Waals surface area contributed by atoms with E-state index in [0.717, 1.165) is 22.2 Å². The van der Waals surface area contributed by atoms with Gasteiger partial charge in [-0.2, -0.15) is 5.10 Å². The quantitative estimate of drug-likeness (QED) is 0.506. The summed E-state index contributed by atoms with van der Waals surface area (Å²) in [4.78, 5) is 17.2. The monoisotopic (exact) mass is 427 g/mol. The first-order chi connectivity index (χ1) is 14.0. The van der Waals surface area contributed by atoms with Crippen LogP contribution in [0, 0.1) is 0 Å². The number of benzene rings is 2.